The Morgan fingerprint density at radius 1 is 1.32 bits per heavy atom. The smallest absolute Gasteiger partial charge is 0.318 e. The molecule has 0 saturated carbocycles. The lowest BCUT2D eigenvalue weighted by Gasteiger charge is -2.26. The summed E-state index contributed by atoms with van der Waals surface area (Å²) in [6, 6.07) is 9.77. The minimum atomic E-state index is -0.128. The lowest BCUT2D eigenvalue weighted by molar-refractivity contribution is -0.117. The van der Waals surface area contributed by atoms with E-state index >= 15 is 0 Å². The summed E-state index contributed by atoms with van der Waals surface area (Å²) in [4.78, 5) is 28.9. The van der Waals surface area contributed by atoms with E-state index in [1.807, 2.05) is 56.6 Å². The molecule has 0 bridgehead atoms. The van der Waals surface area contributed by atoms with Crippen molar-refractivity contribution in [2.45, 2.75) is 32.4 Å². The van der Waals surface area contributed by atoms with E-state index in [2.05, 4.69) is 5.32 Å². The van der Waals surface area contributed by atoms with Crippen molar-refractivity contribution in [3.05, 3.63) is 51.7 Å². The number of nitrogens with one attached hydrogen (secondary N) is 1. The number of urea groups is 1. The summed E-state index contributed by atoms with van der Waals surface area (Å²) in [6.45, 7) is 3.98. The zero-order chi connectivity index (χ0) is 18.1. The van der Waals surface area contributed by atoms with E-state index in [1.54, 1.807) is 28.2 Å². The van der Waals surface area contributed by atoms with Gasteiger partial charge in [-0.2, -0.15) is 0 Å². The van der Waals surface area contributed by atoms with Gasteiger partial charge in [0.05, 0.1) is 18.5 Å². The number of hydrogen-bond acceptors (Lipinski definition) is 3. The van der Waals surface area contributed by atoms with Gasteiger partial charge in [-0.05, 0) is 42.5 Å². The first kappa shape index (κ1) is 17.5. The number of amides is 3. The predicted molar refractivity (Wildman–Crippen MR) is 101 cm³/mol. The summed E-state index contributed by atoms with van der Waals surface area (Å²) < 4.78 is 0. The minimum absolute atomic E-state index is 0.0264. The molecular weight excluding hydrogens is 334 g/mol. The van der Waals surface area contributed by atoms with Crippen molar-refractivity contribution in [1.29, 1.82) is 0 Å². The third-order valence-electron chi connectivity index (χ3n) is 4.88. The predicted octanol–water partition coefficient (Wildman–Crippen LogP) is 3.73. The van der Waals surface area contributed by atoms with Crippen LogP contribution in [0.15, 0.2) is 35.7 Å². The van der Waals surface area contributed by atoms with Crippen molar-refractivity contribution in [2.24, 2.45) is 0 Å². The van der Waals surface area contributed by atoms with Gasteiger partial charge >= 0.3 is 6.03 Å². The molecule has 25 heavy (non-hydrogen) atoms. The molecule has 5 nitrogen and oxygen atoms in total. The van der Waals surface area contributed by atoms with E-state index in [0.29, 0.717) is 6.42 Å². The number of thiophene rings is 1. The molecule has 1 aliphatic heterocycles. The molecule has 1 N–H and O–H groups in total. The molecular formula is C19H23N3O2S. The Hall–Kier alpha value is -2.34. The van der Waals surface area contributed by atoms with Crippen LogP contribution in [0.4, 0.5) is 10.5 Å². The Kier molecular flexibility index (Phi) is 4.81. The second-order valence-corrected chi connectivity index (χ2v) is 7.47. The highest BCUT2D eigenvalue weighted by molar-refractivity contribution is 7.10. The first-order valence-electron chi connectivity index (χ1n) is 8.34. The van der Waals surface area contributed by atoms with E-state index in [1.165, 1.54) is 0 Å². The maximum absolute atomic E-state index is 12.6. The molecule has 2 atom stereocenters. The van der Waals surface area contributed by atoms with Crippen molar-refractivity contribution in [3.8, 4) is 0 Å². The number of nitrogens with zero attached hydrogens (tertiary/aromatic N) is 2. The van der Waals surface area contributed by atoms with Crippen molar-refractivity contribution in [2.75, 3.05) is 19.0 Å². The Morgan fingerprint density at radius 2 is 2.08 bits per heavy atom. The Bertz CT molecular complexity index is 788. The molecule has 132 valence electrons. The second kappa shape index (κ2) is 6.88. The number of carbonyl (C=O) groups excluding carboxylic acids is 2. The molecule has 0 radical (unpaired) electrons. The molecule has 1 aromatic carbocycles. The fraction of sp³-hybridized carbons (Fsp3) is 0.368. The van der Waals surface area contributed by atoms with E-state index < -0.39 is 0 Å². The maximum atomic E-state index is 12.6. The Morgan fingerprint density at radius 3 is 2.76 bits per heavy atom. The van der Waals surface area contributed by atoms with Crippen LogP contribution in [0.1, 0.15) is 41.9 Å². The van der Waals surface area contributed by atoms with Gasteiger partial charge in [-0.1, -0.05) is 18.2 Å². The van der Waals surface area contributed by atoms with Gasteiger partial charge in [0.15, 0.2) is 0 Å². The fourth-order valence-corrected chi connectivity index (χ4v) is 3.85. The molecule has 2 aromatic rings. The summed E-state index contributed by atoms with van der Waals surface area (Å²) in [5.74, 6) is 0.105. The molecule has 3 amide bonds. The molecule has 1 aliphatic rings. The fourth-order valence-electron chi connectivity index (χ4n) is 3.03. The van der Waals surface area contributed by atoms with Crippen LogP contribution in [0, 0.1) is 0 Å². The molecule has 0 aliphatic carbocycles. The van der Waals surface area contributed by atoms with Crippen molar-refractivity contribution in [1.82, 2.24) is 10.2 Å². The van der Waals surface area contributed by atoms with Gasteiger partial charge in [-0.3, -0.25) is 4.79 Å². The molecule has 2 unspecified atom stereocenters. The first-order chi connectivity index (χ1) is 11.9. The number of rotatable bonds is 4. The molecule has 1 aromatic heterocycles. The van der Waals surface area contributed by atoms with Crippen molar-refractivity contribution >= 4 is 29.0 Å². The highest BCUT2D eigenvalue weighted by Crippen LogP contribution is 2.30. The number of hydrogen-bond donors (Lipinski definition) is 1. The summed E-state index contributed by atoms with van der Waals surface area (Å²) in [6.07, 6.45) is 0.426. The molecule has 0 spiro atoms. The van der Waals surface area contributed by atoms with E-state index in [9.17, 15) is 9.59 Å². The maximum Gasteiger partial charge on any atom is 0.318 e. The van der Waals surface area contributed by atoms with Crippen LogP contribution < -0.4 is 10.2 Å². The van der Waals surface area contributed by atoms with Gasteiger partial charge < -0.3 is 15.1 Å². The number of likely N-dealkylation sites (N-methyl/N-ethyl adjacent to an activating group) is 1. The third kappa shape index (κ3) is 3.39. The highest BCUT2D eigenvalue weighted by atomic mass is 32.1. The summed E-state index contributed by atoms with van der Waals surface area (Å²) in [5.41, 5.74) is 2.98. The van der Waals surface area contributed by atoms with Gasteiger partial charge in [0.1, 0.15) is 0 Å². The first-order valence-corrected chi connectivity index (χ1v) is 9.22. The number of benzene rings is 1. The molecule has 2 heterocycles. The SMILES string of the molecule is CC(NC(=O)N(C)C(C)c1cccs1)c1ccc2c(c1)CC(=O)N2C. The lowest BCUT2D eigenvalue weighted by atomic mass is 10.0. The van der Waals surface area contributed by atoms with Crippen LogP contribution in [0.25, 0.3) is 0 Å². The summed E-state index contributed by atoms with van der Waals surface area (Å²) in [5, 5.41) is 5.06. The molecule has 3 rings (SSSR count). The third-order valence-corrected chi connectivity index (χ3v) is 5.92. The van der Waals surface area contributed by atoms with Gasteiger partial charge in [0.25, 0.3) is 0 Å². The van der Waals surface area contributed by atoms with Crippen molar-refractivity contribution in [3.63, 3.8) is 0 Å². The quantitative estimate of drug-likeness (QED) is 0.906. The molecule has 0 saturated heterocycles. The average Bonchev–Trinajstić information content (AvgIpc) is 3.22. The molecule has 6 heteroatoms. The van der Waals surface area contributed by atoms with E-state index in [0.717, 1.165) is 21.7 Å². The molecule has 0 fully saturated rings. The van der Waals surface area contributed by atoms with Gasteiger partial charge in [-0.15, -0.1) is 11.3 Å². The lowest BCUT2D eigenvalue weighted by Crippen LogP contribution is -2.39. The minimum Gasteiger partial charge on any atom is -0.331 e. The number of anilines is 1. The van der Waals surface area contributed by atoms with Gasteiger partial charge in [0.2, 0.25) is 5.91 Å². The van der Waals surface area contributed by atoms with Crippen LogP contribution in [0.5, 0.6) is 0 Å². The summed E-state index contributed by atoms with van der Waals surface area (Å²) in [7, 11) is 3.60. The zero-order valence-corrected chi connectivity index (χ0v) is 15.8. The van der Waals surface area contributed by atoms with Gasteiger partial charge in [0, 0.05) is 24.7 Å². The van der Waals surface area contributed by atoms with E-state index in [-0.39, 0.29) is 24.0 Å². The standard InChI is InChI=1S/C19H23N3O2S/c1-12(14-7-8-16-15(10-14)11-18(23)22(16)4)20-19(24)21(3)13(2)17-6-5-9-25-17/h5-10,12-13H,11H2,1-4H3,(H,20,24). The summed E-state index contributed by atoms with van der Waals surface area (Å²) >= 11 is 1.65. The number of carbonyl (C=O) groups is 2. The van der Waals surface area contributed by atoms with E-state index in [4.69, 9.17) is 0 Å². The van der Waals surface area contributed by atoms with Crippen molar-refractivity contribution < 1.29 is 9.59 Å². The van der Waals surface area contributed by atoms with Crippen LogP contribution in [0.3, 0.4) is 0 Å². The van der Waals surface area contributed by atoms with Crippen LogP contribution in [-0.2, 0) is 11.2 Å². The Labute approximate surface area is 152 Å². The monoisotopic (exact) mass is 357 g/mol. The second-order valence-electron chi connectivity index (χ2n) is 6.49. The Balaban J connectivity index is 1.68. The normalized spacial score (nSPS) is 15.7. The van der Waals surface area contributed by atoms with Crippen LogP contribution in [0.2, 0.25) is 0 Å². The number of fused-ring (bicyclic) bond motifs is 1. The van der Waals surface area contributed by atoms with Gasteiger partial charge in [-0.25, -0.2) is 4.79 Å². The highest BCUT2D eigenvalue weighted by Gasteiger charge is 2.25. The van der Waals surface area contributed by atoms with Crippen LogP contribution >= 0.6 is 11.3 Å². The van der Waals surface area contributed by atoms with Crippen LogP contribution in [-0.4, -0.2) is 30.9 Å². The topological polar surface area (TPSA) is 52.7 Å². The zero-order valence-electron chi connectivity index (χ0n) is 14.9. The largest absolute Gasteiger partial charge is 0.331 e. The average molecular weight is 357 g/mol.